The largest absolute Gasteiger partial charge is 0.378 e. The third-order valence-electron chi connectivity index (χ3n) is 6.16. The number of hydrogen-bond donors (Lipinski definition) is 0. The van der Waals surface area contributed by atoms with Crippen LogP contribution in [0.15, 0.2) is 35.4 Å². The van der Waals surface area contributed by atoms with Gasteiger partial charge in [-0.05, 0) is 48.8 Å². The van der Waals surface area contributed by atoms with Crippen LogP contribution in [0.4, 0.5) is 0 Å². The van der Waals surface area contributed by atoms with Crippen molar-refractivity contribution in [2.75, 3.05) is 7.11 Å². The fraction of sp³-hybridized carbons (Fsp3) is 0.619. The zero-order valence-electron chi connectivity index (χ0n) is 17.6. The Morgan fingerprint density at radius 1 is 1.07 bits per heavy atom. The monoisotopic (exact) mass is 418 g/mol. The highest BCUT2D eigenvalue weighted by Gasteiger charge is 2.47. The van der Waals surface area contributed by atoms with Crippen molar-refractivity contribution in [2.45, 2.75) is 81.5 Å². The van der Waals surface area contributed by atoms with Crippen LogP contribution in [0.2, 0.25) is 0 Å². The van der Waals surface area contributed by atoms with Crippen molar-refractivity contribution in [2.24, 2.45) is 0 Å². The second kappa shape index (κ2) is 7.49. The van der Waals surface area contributed by atoms with Crippen molar-refractivity contribution in [1.29, 1.82) is 0 Å². The Morgan fingerprint density at radius 3 is 2.24 bits per heavy atom. The van der Waals surface area contributed by atoms with Gasteiger partial charge in [-0.2, -0.15) is 4.31 Å². The molecular weight excluding hydrogens is 388 g/mol. The molecule has 8 heteroatoms. The highest BCUT2D eigenvalue weighted by atomic mass is 32.2. The van der Waals surface area contributed by atoms with Crippen molar-refractivity contribution in [3.63, 3.8) is 0 Å². The van der Waals surface area contributed by atoms with Gasteiger partial charge < -0.3 is 4.74 Å². The van der Waals surface area contributed by atoms with Gasteiger partial charge in [0.15, 0.2) is 0 Å². The number of piperidine rings is 1. The van der Waals surface area contributed by atoms with Crippen molar-refractivity contribution < 1.29 is 13.2 Å². The van der Waals surface area contributed by atoms with Gasteiger partial charge in [0.25, 0.3) is 0 Å². The lowest BCUT2D eigenvalue weighted by Gasteiger charge is -2.37. The number of rotatable bonds is 5. The highest BCUT2D eigenvalue weighted by molar-refractivity contribution is 7.89. The van der Waals surface area contributed by atoms with Crippen molar-refractivity contribution in [1.82, 2.24) is 19.3 Å². The van der Waals surface area contributed by atoms with Crippen LogP contribution in [-0.2, 0) is 26.8 Å². The summed E-state index contributed by atoms with van der Waals surface area (Å²) in [5.41, 5.74) is 1.93. The van der Waals surface area contributed by atoms with Crippen LogP contribution >= 0.6 is 0 Å². The maximum Gasteiger partial charge on any atom is 0.243 e. The molecule has 2 unspecified atom stereocenters. The standard InChI is InChI=1S/C21H30N4O3S/c1-21(2,3)15-5-9-20(10-6-15)29(26,27)25-17-7-8-18(25)12-19(11-17)24-13-16(14-28-4)22-23-24/h5-6,9-10,13,17-19H,7-8,11-12,14H2,1-4H3. The lowest BCUT2D eigenvalue weighted by Crippen LogP contribution is -2.46. The average Bonchev–Trinajstić information content (AvgIpc) is 3.24. The summed E-state index contributed by atoms with van der Waals surface area (Å²) in [6, 6.07) is 7.61. The molecule has 7 nitrogen and oxygen atoms in total. The number of benzene rings is 1. The van der Waals surface area contributed by atoms with Crippen LogP contribution in [0.3, 0.4) is 0 Å². The molecule has 1 aromatic carbocycles. The third kappa shape index (κ3) is 3.85. The van der Waals surface area contributed by atoms with Gasteiger partial charge in [-0.3, -0.25) is 0 Å². The molecule has 4 rings (SSSR count). The fourth-order valence-corrected chi connectivity index (χ4v) is 6.56. The first kappa shape index (κ1) is 20.5. The summed E-state index contributed by atoms with van der Waals surface area (Å²) in [6.45, 7) is 6.82. The van der Waals surface area contributed by atoms with Gasteiger partial charge in [-0.1, -0.05) is 38.1 Å². The average molecular weight is 419 g/mol. The summed E-state index contributed by atoms with van der Waals surface area (Å²) in [5, 5.41) is 8.40. The Kier molecular flexibility index (Phi) is 5.29. The van der Waals surface area contributed by atoms with E-state index in [4.69, 9.17) is 4.74 Å². The molecule has 0 radical (unpaired) electrons. The molecule has 3 heterocycles. The van der Waals surface area contributed by atoms with E-state index in [0.29, 0.717) is 11.5 Å². The molecule has 2 aliphatic heterocycles. The van der Waals surface area contributed by atoms with Gasteiger partial charge in [0.05, 0.1) is 23.7 Å². The van der Waals surface area contributed by atoms with Crippen molar-refractivity contribution >= 4 is 10.0 Å². The van der Waals surface area contributed by atoms with Crippen LogP contribution in [-0.4, -0.2) is 46.9 Å². The number of aromatic nitrogens is 3. The molecule has 1 aromatic heterocycles. The smallest absolute Gasteiger partial charge is 0.243 e. The summed E-state index contributed by atoms with van der Waals surface area (Å²) in [5.74, 6) is 0. The Hall–Kier alpha value is -1.77. The zero-order valence-corrected chi connectivity index (χ0v) is 18.4. The Bertz CT molecular complexity index is 949. The molecule has 0 saturated carbocycles. The van der Waals surface area contributed by atoms with Gasteiger partial charge >= 0.3 is 0 Å². The molecule has 0 aliphatic carbocycles. The SMILES string of the molecule is COCc1cn(C2CC3CCC(C2)N3S(=O)(=O)c2ccc(C(C)(C)C)cc2)nn1. The maximum atomic E-state index is 13.4. The van der Waals surface area contributed by atoms with E-state index in [1.807, 2.05) is 23.0 Å². The molecule has 2 aromatic rings. The predicted octanol–water partition coefficient (Wildman–Crippen LogP) is 3.28. The molecule has 0 N–H and O–H groups in total. The van der Waals surface area contributed by atoms with Crippen LogP contribution in [0.25, 0.3) is 0 Å². The summed E-state index contributed by atoms with van der Waals surface area (Å²) >= 11 is 0. The van der Waals surface area contributed by atoms with E-state index >= 15 is 0 Å². The van der Waals surface area contributed by atoms with E-state index in [9.17, 15) is 8.42 Å². The highest BCUT2D eigenvalue weighted by Crippen LogP contribution is 2.43. The topological polar surface area (TPSA) is 77.3 Å². The number of hydrogen-bond acceptors (Lipinski definition) is 5. The minimum absolute atomic E-state index is 0.000859. The molecule has 29 heavy (non-hydrogen) atoms. The first-order valence-corrected chi connectivity index (χ1v) is 11.7. The fourth-order valence-electron chi connectivity index (χ4n) is 4.67. The Labute approximate surface area is 173 Å². The molecule has 158 valence electrons. The second-order valence-electron chi connectivity index (χ2n) is 9.24. The number of nitrogens with zero attached hydrogens (tertiary/aromatic N) is 4. The molecule has 2 fully saturated rings. The molecule has 2 atom stereocenters. The first-order valence-electron chi connectivity index (χ1n) is 10.2. The number of fused-ring (bicyclic) bond motifs is 2. The first-order chi connectivity index (χ1) is 13.7. The van der Waals surface area contributed by atoms with Gasteiger partial charge in [0, 0.05) is 19.2 Å². The summed E-state index contributed by atoms with van der Waals surface area (Å²) in [7, 11) is -1.87. The lowest BCUT2D eigenvalue weighted by molar-refractivity contribution is 0.180. The third-order valence-corrected chi connectivity index (χ3v) is 8.18. The quantitative estimate of drug-likeness (QED) is 0.745. The lowest BCUT2D eigenvalue weighted by atomic mass is 9.87. The Balaban J connectivity index is 1.54. The van der Waals surface area contributed by atoms with E-state index in [2.05, 4.69) is 31.1 Å². The second-order valence-corrected chi connectivity index (χ2v) is 11.1. The summed E-state index contributed by atoms with van der Waals surface area (Å²) in [6.07, 6.45) is 5.26. The Morgan fingerprint density at radius 2 is 1.69 bits per heavy atom. The number of sulfonamides is 1. The van der Waals surface area contributed by atoms with Gasteiger partial charge in [-0.15, -0.1) is 5.10 Å². The number of ether oxygens (including phenoxy) is 1. The van der Waals surface area contributed by atoms with E-state index in [-0.39, 0.29) is 23.5 Å². The molecular formula is C21H30N4O3S. The van der Waals surface area contributed by atoms with Crippen molar-refractivity contribution in [3.8, 4) is 0 Å². The van der Waals surface area contributed by atoms with Crippen LogP contribution < -0.4 is 0 Å². The van der Waals surface area contributed by atoms with E-state index in [1.165, 1.54) is 0 Å². The molecule has 0 spiro atoms. The van der Waals surface area contributed by atoms with E-state index < -0.39 is 10.0 Å². The normalized spacial score (nSPS) is 25.4. The summed E-state index contributed by atoms with van der Waals surface area (Å²) in [4.78, 5) is 0.393. The van der Waals surface area contributed by atoms with Gasteiger partial charge in [0.1, 0.15) is 5.69 Å². The predicted molar refractivity (Wildman–Crippen MR) is 110 cm³/mol. The van der Waals surface area contributed by atoms with Crippen LogP contribution in [0.1, 0.15) is 63.8 Å². The van der Waals surface area contributed by atoms with Crippen molar-refractivity contribution in [3.05, 3.63) is 41.7 Å². The van der Waals surface area contributed by atoms with E-state index in [0.717, 1.165) is 36.9 Å². The molecule has 0 amide bonds. The zero-order chi connectivity index (χ0) is 20.8. The van der Waals surface area contributed by atoms with Gasteiger partial charge in [0.2, 0.25) is 10.0 Å². The number of methoxy groups -OCH3 is 1. The van der Waals surface area contributed by atoms with Gasteiger partial charge in [-0.25, -0.2) is 13.1 Å². The minimum Gasteiger partial charge on any atom is -0.378 e. The van der Waals surface area contributed by atoms with Crippen LogP contribution in [0.5, 0.6) is 0 Å². The minimum atomic E-state index is -3.50. The molecule has 2 aliphatic rings. The van der Waals surface area contributed by atoms with Crippen LogP contribution in [0, 0.1) is 0 Å². The van der Waals surface area contributed by atoms with E-state index in [1.54, 1.807) is 23.5 Å². The molecule has 2 bridgehead atoms. The molecule has 2 saturated heterocycles. The maximum absolute atomic E-state index is 13.4. The summed E-state index contributed by atoms with van der Waals surface area (Å²) < 4.78 is 35.6.